The van der Waals surface area contributed by atoms with Gasteiger partial charge in [0.25, 0.3) is 5.91 Å². The Labute approximate surface area is 181 Å². The molecule has 30 heavy (non-hydrogen) atoms. The number of hydrogen-bond acceptors (Lipinski definition) is 5. The first-order valence-electron chi connectivity index (χ1n) is 11.0. The fourth-order valence-electron chi connectivity index (χ4n) is 4.33. The van der Waals surface area contributed by atoms with E-state index < -0.39 is 6.10 Å². The molecule has 0 saturated heterocycles. The van der Waals surface area contributed by atoms with E-state index in [0.29, 0.717) is 17.2 Å². The number of benzene rings is 1. The third-order valence-corrected chi connectivity index (χ3v) is 7.10. The number of fused-ring (bicyclic) bond motifs is 2. The van der Waals surface area contributed by atoms with E-state index in [9.17, 15) is 9.59 Å². The molecule has 0 fully saturated rings. The third-order valence-electron chi connectivity index (χ3n) is 5.89. The van der Waals surface area contributed by atoms with Crippen LogP contribution in [0.4, 0.5) is 5.00 Å². The summed E-state index contributed by atoms with van der Waals surface area (Å²) in [5.41, 5.74) is 4.28. The Hall–Kier alpha value is -2.34. The monoisotopic (exact) mass is 427 g/mol. The minimum Gasteiger partial charge on any atom is -0.481 e. The number of thiophene rings is 1. The predicted molar refractivity (Wildman–Crippen MR) is 119 cm³/mol. The van der Waals surface area contributed by atoms with Crippen molar-refractivity contribution in [2.75, 3.05) is 11.9 Å². The lowest BCUT2D eigenvalue weighted by molar-refractivity contribution is -0.122. The number of rotatable bonds is 6. The molecular weight excluding hydrogens is 398 g/mol. The Morgan fingerprint density at radius 1 is 1.07 bits per heavy atom. The molecule has 1 amide bonds. The van der Waals surface area contributed by atoms with Gasteiger partial charge in [0.1, 0.15) is 10.8 Å². The van der Waals surface area contributed by atoms with Crippen molar-refractivity contribution in [3.05, 3.63) is 45.3 Å². The van der Waals surface area contributed by atoms with E-state index in [2.05, 4.69) is 17.4 Å². The van der Waals surface area contributed by atoms with Crippen LogP contribution in [0.2, 0.25) is 0 Å². The maximum atomic E-state index is 12.9. The van der Waals surface area contributed by atoms with Crippen LogP contribution in [0, 0.1) is 0 Å². The van der Waals surface area contributed by atoms with E-state index in [4.69, 9.17) is 9.47 Å². The molecule has 1 aromatic heterocycles. The molecule has 0 spiro atoms. The van der Waals surface area contributed by atoms with Gasteiger partial charge in [-0.3, -0.25) is 4.79 Å². The standard InChI is InChI=1S/C24H29NO4S/c1-3-28-24(27)21-19-10-6-7-11-20(19)30-23(21)25-22(26)15(2)29-18-13-12-16-8-4-5-9-17(16)14-18/h12-15H,3-11H2,1-2H3,(H,25,26)/t15-/m1/s1. The molecular formula is C24H29NO4S. The highest BCUT2D eigenvalue weighted by Gasteiger charge is 2.28. The molecule has 1 N–H and O–H groups in total. The van der Waals surface area contributed by atoms with Gasteiger partial charge >= 0.3 is 5.97 Å². The summed E-state index contributed by atoms with van der Waals surface area (Å²) in [5.74, 6) is 0.113. The summed E-state index contributed by atoms with van der Waals surface area (Å²) in [7, 11) is 0. The second kappa shape index (κ2) is 9.21. The van der Waals surface area contributed by atoms with Crippen LogP contribution in [0.3, 0.4) is 0 Å². The van der Waals surface area contributed by atoms with Crippen LogP contribution in [0.15, 0.2) is 18.2 Å². The average molecular weight is 428 g/mol. The van der Waals surface area contributed by atoms with E-state index >= 15 is 0 Å². The Kier molecular flexibility index (Phi) is 6.42. The van der Waals surface area contributed by atoms with Gasteiger partial charge in [-0.2, -0.15) is 0 Å². The molecule has 6 heteroatoms. The number of esters is 1. The largest absolute Gasteiger partial charge is 0.481 e. The second-order valence-electron chi connectivity index (χ2n) is 8.02. The number of carbonyl (C=O) groups excluding carboxylic acids is 2. The highest BCUT2D eigenvalue weighted by Crippen LogP contribution is 2.38. The van der Waals surface area contributed by atoms with Gasteiger partial charge in [0.2, 0.25) is 0 Å². The first-order chi connectivity index (χ1) is 14.6. The van der Waals surface area contributed by atoms with Crippen LogP contribution in [-0.4, -0.2) is 24.6 Å². The fraction of sp³-hybridized carbons (Fsp3) is 0.500. The molecule has 1 atom stereocenters. The first kappa shape index (κ1) is 20.9. The quantitative estimate of drug-likeness (QED) is 0.652. The van der Waals surface area contributed by atoms with Gasteiger partial charge in [-0.25, -0.2) is 4.79 Å². The molecule has 160 valence electrons. The molecule has 0 unspecified atom stereocenters. The zero-order chi connectivity index (χ0) is 21.1. The van der Waals surface area contributed by atoms with Crippen molar-refractivity contribution in [2.45, 2.75) is 71.3 Å². The zero-order valence-corrected chi connectivity index (χ0v) is 18.5. The molecule has 5 nitrogen and oxygen atoms in total. The summed E-state index contributed by atoms with van der Waals surface area (Å²) in [4.78, 5) is 26.6. The van der Waals surface area contributed by atoms with Crippen LogP contribution >= 0.6 is 11.3 Å². The number of amides is 1. The molecule has 0 aliphatic heterocycles. The lowest BCUT2D eigenvalue weighted by atomic mass is 9.92. The van der Waals surface area contributed by atoms with Gasteiger partial charge in [0.15, 0.2) is 6.10 Å². The molecule has 0 radical (unpaired) electrons. The summed E-state index contributed by atoms with van der Waals surface area (Å²) in [6.07, 6.45) is 7.93. The van der Waals surface area contributed by atoms with E-state index in [1.165, 1.54) is 40.2 Å². The van der Waals surface area contributed by atoms with Gasteiger partial charge in [-0.1, -0.05) is 6.07 Å². The topological polar surface area (TPSA) is 64.6 Å². The van der Waals surface area contributed by atoms with Crippen LogP contribution in [0.1, 0.15) is 71.5 Å². The fourth-order valence-corrected chi connectivity index (χ4v) is 5.61. The van der Waals surface area contributed by atoms with E-state index in [1.807, 2.05) is 6.07 Å². The Balaban J connectivity index is 1.49. The first-order valence-corrected chi connectivity index (χ1v) is 11.8. The minimum absolute atomic E-state index is 0.253. The Bertz CT molecular complexity index is 949. The second-order valence-corrected chi connectivity index (χ2v) is 9.13. The van der Waals surface area contributed by atoms with Crippen molar-refractivity contribution in [3.8, 4) is 5.75 Å². The Morgan fingerprint density at radius 2 is 1.80 bits per heavy atom. The highest BCUT2D eigenvalue weighted by atomic mass is 32.1. The highest BCUT2D eigenvalue weighted by molar-refractivity contribution is 7.17. The van der Waals surface area contributed by atoms with Gasteiger partial charge in [0, 0.05) is 4.88 Å². The summed E-state index contributed by atoms with van der Waals surface area (Å²) in [6, 6.07) is 6.12. The van der Waals surface area contributed by atoms with Crippen LogP contribution in [-0.2, 0) is 35.2 Å². The molecule has 1 heterocycles. The van der Waals surface area contributed by atoms with Gasteiger partial charge in [-0.05, 0) is 94.0 Å². The van der Waals surface area contributed by atoms with Gasteiger partial charge in [0.05, 0.1) is 12.2 Å². The van der Waals surface area contributed by atoms with Gasteiger partial charge in [-0.15, -0.1) is 11.3 Å². The van der Waals surface area contributed by atoms with E-state index in [0.717, 1.165) is 49.8 Å². The van der Waals surface area contributed by atoms with Crippen molar-refractivity contribution < 1.29 is 19.1 Å². The number of ether oxygens (including phenoxy) is 2. The summed E-state index contributed by atoms with van der Waals surface area (Å²) < 4.78 is 11.2. The van der Waals surface area contributed by atoms with E-state index in [1.54, 1.807) is 13.8 Å². The molecule has 2 aliphatic rings. The zero-order valence-electron chi connectivity index (χ0n) is 17.7. The number of nitrogens with one attached hydrogen (secondary N) is 1. The number of aryl methyl sites for hydroxylation is 3. The third kappa shape index (κ3) is 4.38. The number of hydrogen-bond donors (Lipinski definition) is 1. The van der Waals surface area contributed by atoms with E-state index in [-0.39, 0.29) is 11.9 Å². The summed E-state index contributed by atoms with van der Waals surface area (Å²) in [6.45, 7) is 3.85. The van der Waals surface area contributed by atoms with Crippen LogP contribution in [0.5, 0.6) is 5.75 Å². The van der Waals surface area contributed by atoms with Crippen LogP contribution < -0.4 is 10.1 Å². The van der Waals surface area contributed by atoms with Crippen molar-refractivity contribution in [3.63, 3.8) is 0 Å². The smallest absolute Gasteiger partial charge is 0.341 e. The molecule has 2 aliphatic carbocycles. The van der Waals surface area contributed by atoms with Crippen molar-refractivity contribution in [1.29, 1.82) is 0 Å². The normalized spacial score (nSPS) is 16.2. The number of anilines is 1. The molecule has 1 aromatic carbocycles. The lowest BCUT2D eigenvalue weighted by Crippen LogP contribution is -2.30. The lowest BCUT2D eigenvalue weighted by Gasteiger charge is -2.19. The molecule has 0 saturated carbocycles. The maximum absolute atomic E-state index is 12.9. The van der Waals surface area contributed by atoms with Crippen molar-refractivity contribution >= 4 is 28.2 Å². The summed E-state index contributed by atoms with van der Waals surface area (Å²) in [5, 5.41) is 3.53. The average Bonchev–Trinajstić information content (AvgIpc) is 3.11. The minimum atomic E-state index is -0.666. The molecule has 4 rings (SSSR count). The number of carbonyl (C=O) groups is 2. The summed E-state index contributed by atoms with van der Waals surface area (Å²) >= 11 is 1.50. The van der Waals surface area contributed by atoms with Crippen LogP contribution in [0.25, 0.3) is 0 Å². The maximum Gasteiger partial charge on any atom is 0.341 e. The SMILES string of the molecule is CCOC(=O)c1c(NC(=O)[C@@H](C)Oc2ccc3c(c2)CCCC3)sc2c1CCCC2. The molecule has 0 bridgehead atoms. The van der Waals surface area contributed by atoms with Crippen molar-refractivity contribution in [2.24, 2.45) is 0 Å². The van der Waals surface area contributed by atoms with Crippen molar-refractivity contribution in [1.82, 2.24) is 0 Å². The molecule has 2 aromatic rings. The van der Waals surface area contributed by atoms with Gasteiger partial charge < -0.3 is 14.8 Å². The Morgan fingerprint density at radius 3 is 2.60 bits per heavy atom. The predicted octanol–water partition coefficient (Wildman–Crippen LogP) is 5.09.